The topological polar surface area (TPSA) is 21.3 Å². The Bertz CT molecular complexity index is 189. The maximum Gasteiger partial charge on any atom is 0.256 e. The van der Waals surface area contributed by atoms with Crippen LogP contribution in [-0.2, 0) is 4.74 Å². The number of rotatable bonds is 5. The molecule has 1 fully saturated rings. The molecule has 0 amide bonds. The van der Waals surface area contributed by atoms with E-state index in [1.165, 1.54) is 0 Å². The molecule has 0 saturated carbocycles. The van der Waals surface area contributed by atoms with E-state index in [0.717, 1.165) is 12.8 Å². The molecule has 1 aliphatic rings. The van der Waals surface area contributed by atoms with Crippen molar-refractivity contribution in [2.45, 2.75) is 57.6 Å². The van der Waals surface area contributed by atoms with Gasteiger partial charge >= 0.3 is 0 Å². The smallest absolute Gasteiger partial charge is 0.256 e. The Kier molecular flexibility index (Phi) is 4.93. The normalized spacial score (nSPS) is 32.2. The second kappa shape index (κ2) is 5.75. The molecule has 90 valence electrons. The molecule has 0 aromatic carbocycles. The van der Waals surface area contributed by atoms with Gasteiger partial charge in [-0.15, -0.1) is 0 Å². The van der Waals surface area contributed by atoms with Crippen molar-refractivity contribution in [2.24, 2.45) is 0 Å². The molecule has 1 rings (SSSR count). The SMILES string of the molecule is CCCNC1(C(F)F)CCOC(CC)C1. The second-order valence-corrected chi connectivity index (χ2v) is 4.24. The van der Waals surface area contributed by atoms with Crippen LogP contribution in [0, 0.1) is 0 Å². The van der Waals surface area contributed by atoms with E-state index in [2.05, 4.69) is 5.32 Å². The van der Waals surface area contributed by atoms with Crippen molar-refractivity contribution >= 4 is 0 Å². The summed E-state index contributed by atoms with van der Waals surface area (Å²) >= 11 is 0. The van der Waals surface area contributed by atoms with Crippen molar-refractivity contribution in [3.63, 3.8) is 0 Å². The van der Waals surface area contributed by atoms with Crippen molar-refractivity contribution in [3.8, 4) is 0 Å². The number of hydrogen-bond acceptors (Lipinski definition) is 2. The Morgan fingerprint density at radius 2 is 2.20 bits per heavy atom. The molecule has 1 aliphatic heterocycles. The zero-order valence-corrected chi connectivity index (χ0v) is 9.56. The second-order valence-electron chi connectivity index (χ2n) is 4.24. The highest BCUT2D eigenvalue weighted by molar-refractivity contribution is 4.95. The van der Waals surface area contributed by atoms with Crippen molar-refractivity contribution in [1.29, 1.82) is 0 Å². The Balaban J connectivity index is 2.62. The van der Waals surface area contributed by atoms with Gasteiger partial charge in [0.25, 0.3) is 6.43 Å². The van der Waals surface area contributed by atoms with Crippen LogP contribution in [0.4, 0.5) is 8.78 Å². The van der Waals surface area contributed by atoms with Gasteiger partial charge in [-0.2, -0.15) is 0 Å². The number of nitrogens with one attached hydrogen (secondary N) is 1. The number of alkyl halides is 2. The third-order valence-electron chi connectivity index (χ3n) is 3.09. The lowest BCUT2D eigenvalue weighted by atomic mass is 9.86. The molecule has 0 aromatic rings. The third kappa shape index (κ3) is 3.11. The molecule has 15 heavy (non-hydrogen) atoms. The summed E-state index contributed by atoms with van der Waals surface area (Å²) < 4.78 is 31.6. The number of ether oxygens (including phenoxy) is 1. The maximum atomic E-state index is 13.1. The molecule has 2 unspecified atom stereocenters. The maximum absolute atomic E-state index is 13.1. The molecule has 2 atom stereocenters. The molecule has 0 spiro atoms. The van der Waals surface area contributed by atoms with Crippen LogP contribution in [-0.4, -0.2) is 31.2 Å². The van der Waals surface area contributed by atoms with Crippen LogP contribution in [0.1, 0.15) is 39.5 Å². The minimum atomic E-state index is -2.30. The Morgan fingerprint density at radius 1 is 1.47 bits per heavy atom. The summed E-state index contributed by atoms with van der Waals surface area (Å²) in [6.45, 7) is 5.06. The van der Waals surface area contributed by atoms with Crippen LogP contribution >= 0.6 is 0 Å². The van der Waals surface area contributed by atoms with Gasteiger partial charge in [0, 0.05) is 6.61 Å². The first kappa shape index (κ1) is 12.8. The van der Waals surface area contributed by atoms with Crippen molar-refractivity contribution in [3.05, 3.63) is 0 Å². The largest absolute Gasteiger partial charge is 0.378 e. The van der Waals surface area contributed by atoms with Gasteiger partial charge in [0.1, 0.15) is 0 Å². The summed E-state index contributed by atoms with van der Waals surface area (Å²) in [4.78, 5) is 0. The van der Waals surface area contributed by atoms with Crippen LogP contribution in [0.2, 0.25) is 0 Å². The lowest BCUT2D eigenvalue weighted by Gasteiger charge is -2.41. The first-order chi connectivity index (χ1) is 7.14. The van der Waals surface area contributed by atoms with Gasteiger partial charge in [0.15, 0.2) is 0 Å². The zero-order chi connectivity index (χ0) is 11.3. The van der Waals surface area contributed by atoms with Crippen LogP contribution in [0.25, 0.3) is 0 Å². The number of halogens is 2. The van der Waals surface area contributed by atoms with Crippen LogP contribution < -0.4 is 5.32 Å². The molecular formula is C11H21F2NO. The van der Waals surface area contributed by atoms with E-state index in [9.17, 15) is 8.78 Å². The lowest BCUT2D eigenvalue weighted by Crippen LogP contribution is -2.56. The van der Waals surface area contributed by atoms with E-state index in [0.29, 0.717) is 26.0 Å². The fourth-order valence-electron chi connectivity index (χ4n) is 2.05. The summed E-state index contributed by atoms with van der Waals surface area (Å²) in [5.41, 5.74) is -1.01. The summed E-state index contributed by atoms with van der Waals surface area (Å²) in [5, 5.41) is 3.02. The molecule has 0 aromatic heterocycles. The highest BCUT2D eigenvalue weighted by Crippen LogP contribution is 2.31. The standard InChI is InChI=1S/C11H21F2NO/c1-3-6-14-11(10(12)13)5-7-15-9(4-2)8-11/h9-10,14H,3-8H2,1-2H3. The van der Waals surface area contributed by atoms with Gasteiger partial charge in [0.05, 0.1) is 11.6 Å². The first-order valence-corrected chi connectivity index (χ1v) is 5.79. The molecule has 1 heterocycles. The highest BCUT2D eigenvalue weighted by atomic mass is 19.3. The lowest BCUT2D eigenvalue weighted by molar-refractivity contribution is -0.0842. The predicted octanol–water partition coefficient (Wildman–Crippen LogP) is 2.58. The van der Waals surface area contributed by atoms with E-state index < -0.39 is 12.0 Å². The summed E-state index contributed by atoms with van der Waals surface area (Å²) in [6, 6.07) is 0. The van der Waals surface area contributed by atoms with E-state index in [-0.39, 0.29) is 6.10 Å². The van der Waals surface area contributed by atoms with Gasteiger partial charge < -0.3 is 10.1 Å². The molecule has 0 bridgehead atoms. The molecule has 0 aliphatic carbocycles. The van der Waals surface area contributed by atoms with E-state index >= 15 is 0 Å². The molecule has 4 heteroatoms. The number of hydrogen-bond donors (Lipinski definition) is 1. The minimum Gasteiger partial charge on any atom is -0.378 e. The van der Waals surface area contributed by atoms with E-state index in [4.69, 9.17) is 4.74 Å². The molecule has 1 N–H and O–H groups in total. The van der Waals surface area contributed by atoms with Crippen LogP contribution in [0.3, 0.4) is 0 Å². The average molecular weight is 221 g/mol. The highest BCUT2D eigenvalue weighted by Gasteiger charge is 2.43. The summed E-state index contributed by atoms with van der Waals surface area (Å²) in [5.74, 6) is 0. The fourth-order valence-corrected chi connectivity index (χ4v) is 2.05. The van der Waals surface area contributed by atoms with Gasteiger partial charge in [0.2, 0.25) is 0 Å². The van der Waals surface area contributed by atoms with Crippen molar-refractivity contribution in [1.82, 2.24) is 5.32 Å². The first-order valence-electron chi connectivity index (χ1n) is 5.79. The Morgan fingerprint density at radius 3 is 2.73 bits per heavy atom. The summed E-state index contributed by atoms with van der Waals surface area (Å²) in [7, 11) is 0. The molecule has 1 saturated heterocycles. The van der Waals surface area contributed by atoms with Gasteiger partial charge in [-0.3, -0.25) is 0 Å². The van der Waals surface area contributed by atoms with Crippen molar-refractivity contribution < 1.29 is 13.5 Å². The van der Waals surface area contributed by atoms with Gasteiger partial charge in [-0.1, -0.05) is 13.8 Å². The van der Waals surface area contributed by atoms with Crippen LogP contribution in [0.15, 0.2) is 0 Å². The van der Waals surface area contributed by atoms with Gasteiger partial charge in [-0.25, -0.2) is 8.78 Å². The minimum absolute atomic E-state index is 0.0166. The Hall–Kier alpha value is -0.220. The fraction of sp³-hybridized carbons (Fsp3) is 1.00. The third-order valence-corrected chi connectivity index (χ3v) is 3.09. The predicted molar refractivity (Wildman–Crippen MR) is 56.3 cm³/mol. The van der Waals surface area contributed by atoms with E-state index in [1.54, 1.807) is 0 Å². The molecule has 2 nitrogen and oxygen atoms in total. The zero-order valence-electron chi connectivity index (χ0n) is 9.56. The van der Waals surface area contributed by atoms with E-state index in [1.807, 2.05) is 13.8 Å². The van der Waals surface area contributed by atoms with Crippen LogP contribution in [0.5, 0.6) is 0 Å². The quantitative estimate of drug-likeness (QED) is 0.770. The average Bonchev–Trinajstić information content (AvgIpc) is 2.26. The summed E-state index contributed by atoms with van der Waals surface area (Å²) in [6.07, 6.45) is 0.218. The Labute approximate surface area is 90.4 Å². The molecule has 0 radical (unpaired) electrons. The van der Waals surface area contributed by atoms with Crippen molar-refractivity contribution in [2.75, 3.05) is 13.2 Å². The monoisotopic (exact) mass is 221 g/mol. The van der Waals surface area contributed by atoms with Gasteiger partial charge in [-0.05, 0) is 32.2 Å². The molecular weight excluding hydrogens is 200 g/mol.